The molecule has 0 amide bonds. The van der Waals surface area contributed by atoms with Crippen molar-refractivity contribution in [3.05, 3.63) is 52.6 Å². The fourth-order valence-electron chi connectivity index (χ4n) is 3.21. The third-order valence-electron chi connectivity index (χ3n) is 4.85. The second-order valence-electron chi connectivity index (χ2n) is 7.09. The van der Waals surface area contributed by atoms with Crippen molar-refractivity contribution in [3.63, 3.8) is 0 Å². The number of para-hydroxylation sites is 1. The number of fused-ring (bicyclic) bond motifs is 1. The average Bonchev–Trinajstić information content (AvgIpc) is 2.82. The van der Waals surface area contributed by atoms with E-state index in [2.05, 4.69) is 34.6 Å². The molecule has 2 aromatic carbocycles. The van der Waals surface area contributed by atoms with Crippen LogP contribution in [0.15, 0.2) is 30.3 Å². The molecule has 0 spiro atoms. The van der Waals surface area contributed by atoms with Gasteiger partial charge < -0.3 is 14.2 Å². The molecular weight excluding hydrogens is 384 g/mol. The molecule has 0 unspecified atom stereocenters. The Morgan fingerprint density at radius 3 is 1.68 bits per heavy atom. The zero-order chi connectivity index (χ0) is 24.6. The number of rotatable bonds is 2. The summed E-state index contributed by atoms with van der Waals surface area (Å²) in [6, 6.07) is 9.68. The molecule has 0 saturated carbocycles. The lowest BCUT2D eigenvalue weighted by Gasteiger charge is -2.35. The van der Waals surface area contributed by atoms with Crippen molar-refractivity contribution in [2.45, 2.75) is 94.6 Å². The van der Waals surface area contributed by atoms with Crippen molar-refractivity contribution in [1.29, 1.82) is 0 Å². The summed E-state index contributed by atoms with van der Waals surface area (Å²) < 4.78 is 16.6. The molecule has 31 heavy (non-hydrogen) atoms. The first-order chi connectivity index (χ1) is 14.8. The molecule has 1 aliphatic rings. The Kier molecular flexibility index (Phi) is 16.5. The summed E-state index contributed by atoms with van der Waals surface area (Å²) in [7, 11) is 3.41. The molecule has 178 valence electrons. The van der Waals surface area contributed by atoms with Crippen LogP contribution in [0.5, 0.6) is 17.2 Å². The van der Waals surface area contributed by atoms with E-state index in [1.54, 1.807) is 14.2 Å². The van der Waals surface area contributed by atoms with Gasteiger partial charge in [-0.05, 0) is 76.3 Å². The highest BCUT2D eigenvalue weighted by Crippen LogP contribution is 2.43. The SMILES string of the molecule is CC.CC.CC.COc1c(C)c(C)c2c(c1C)CCC(C)(C)O2.COc1ccccc1. The quantitative estimate of drug-likeness (QED) is 0.476. The van der Waals surface area contributed by atoms with E-state index in [0.717, 1.165) is 30.1 Å². The topological polar surface area (TPSA) is 27.7 Å². The monoisotopic (exact) mass is 432 g/mol. The Hall–Kier alpha value is -2.16. The predicted octanol–water partition coefficient (Wildman–Crippen LogP) is 8.50. The maximum Gasteiger partial charge on any atom is 0.127 e. The largest absolute Gasteiger partial charge is 0.497 e. The standard InChI is InChI=1S/C15H22O2.C7H8O.3C2H6/c1-9-10(2)14-12(11(3)13(9)16-6)7-8-15(4,5)17-14;1-8-7-5-3-2-4-6-7;3*1-2/h7-8H2,1-6H3;2-6H,1H3;3*1-2H3. The Morgan fingerprint density at radius 1 is 0.742 bits per heavy atom. The summed E-state index contributed by atoms with van der Waals surface area (Å²) in [6.07, 6.45) is 2.14. The zero-order valence-corrected chi connectivity index (χ0v) is 22.5. The fraction of sp³-hybridized carbons (Fsp3) is 0.571. The van der Waals surface area contributed by atoms with E-state index in [0.29, 0.717) is 0 Å². The predicted molar refractivity (Wildman–Crippen MR) is 137 cm³/mol. The lowest BCUT2D eigenvalue weighted by atomic mass is 9.88. The highest BCUT2D eigenvalue weighted by molar-refractivity contribution is 5.58. The number of methoxy groups -OCH3 is 2. The fourth-order valence-corrected chi connectivity index (χ4v) is 3.21. The van der Waals surface area contributed by atoms with Gasteiger partial charge in [0.05, 0.1) is 14.2 Å². The van der Waals surface area contributed by atoms with Gasteiger partial charge in [-0.15, -0.1) is 0 Å². The van der Waals surface area contributed by atoms with Gasteiger partial charge in [0, 0.05) is 5.56 Å². The maximum absolute atomic E-state index is 6.16. The number of ether oxygens (including phenoxy) is 3. The summed E-state index contributed by atoms with van der Waals surface area (Å²) in [6.45, 7) is 22.7. The molecule has 3 rings (SSSR count). The van der Waals surface area contributed by atoms with Gasteiger partial charge in [0.2, 0.25) is 0 Å². The summed E-state index contributed by atoms with van der Waals surface area (Å²) in [5, 5.41) is 0. The van der Waals surface area contributed by atoms with Crippen molar-refractivity contribution in [2.75, 3.05) is 14.2 Å². The van der Waals surface area contributed by atoms with E-state index in [4.69, 9.17) is 14.2 Å². The Labute approximate surface area is 193 Å². The van der Waals surface area contributed by atoms with E-state index in [1.165, 1.54) is 22.3 Å². The van der Waals surface area contributed by atoms with Gasteiger partial charge in [-0.25, -0.2) is 0 Å². The molecule has 0 fully saturated rings. The summed E-state index contributed by atoms with van der Waals surface area (Å²) in [5.41, 5.74) is 4.92. The normalized spacial score (nSPS) is 12.3. The first kappa shape index (κ1) is 31.0. The molecule has 0 radical (unpaired) electrons. The highest BCUT2D eigenvalue weighted by atomic mass is 16.5. The Morgan fingerprint density at radius 2 is 1.26 bits per heavy atom. The zero-order valence-electron chi connectivity index (χ0n) is 22.5. The van der Waals surface area contributed by atoms with Crippen molar-refractivity contribution in [3.8, 4) is 17.2 Å². The van der Waals surface area contributed by atoms with Crippen LogP contribution in [0.25, 0.3) is 0 Å². The molecule has 0 N–H and O–H groups in total. The van der Waals surface area contributed by atoms with Crippen LogP contribution in [-0.2, 0) is 6.42 Å². The minimum absolute atomic E-state index is 0.0504. The van der Waals surface area contributed by atoms with Crippen LogP contribution >= 0.6 is 0 Å². The number of hydrogen-bond donors (Lipinski definition) is 0. The molecule has 2 aromatic rings. The van der Waals surface area contributed by atoms with Crippen LogP contribution in [0, 0.1) is 20.8 Å². The second-order valence-corrected chi connectivity index (χ2v) is 7.09. The van der Waals surface area contributed by atoms with Crippen LogP contribution in [0.4, 0.5) is 0 Å². The van der Waals surface area contributed by atoms with E-state index in [1.807, 2.05) is 71.9 Å². The summed E-state index contributed by atoms with van der Waals surface area (Å²) in [4.78, 5) is 0. The van der Waals surface area contributed by atoms with Crippen LogP contribution in [-0.4, -0.2) is 19.8 Å². The molecular formula is C28H48O3. The van der Waals surface area contributed by atoms with E-state index in [9.17, 15) is 0 Å². The third kappa shape index (κ3) is 9.25. The molecule has 0 aliphatic carbocycles. The van der Waals surface area contributed by atoms with Gasteiger partial charge in [-0.3, -0.25) is 0 Å². The van der Waals surface area contributed by atoms with Gasteiger partial charge in [-0.2, -0.15) is 0 Å². The van der Waals surface area contributed by atoms with Crippen LogP contribution in [0.3, 0.4) is 0 Å². The Bertz CT molecular complexity index is 719. The van der Waals surface area contributed by atoms with Crippen molar-refractivity contribution < 1.29 is 14.2 Å². The molecule has 0 saturated heterocycles. The lowest BCUT2D eigenvalue weighted by molar-refractivity contribution is 0.0831. The van der Waals surface area contributed by atoms with Crippen molar-refractivity contribution >= 4 is 0 Å². The summed E-state index contributed by atoms with van der Waals surface area (Å²) >= 11 is 0. The Balaban J connectivity index is 0. The minimum Gasteiger partial charge on any atom is -0.497 e. The molecule has 3 nitrogen and oxygen atoms in total. The minimum atomic E-state index is -0.0504. The van der Waals surface area contributed by atoms with Gasteiger partial charge in [0.15, 0.2) is 0 Å². The van der Waals surface area contributed by atoms with E-state index >= 15 is 0 Å². The van der Waals surface area contributed by atoms with Crippen molar-refractivity contribution in [2.24, 2.45) is 0 Å². The average molecular weight is 433 g/mol. The highest BCUT2D eigenvalue weighted by Gasteiger charge is 2.30. The van der Waals surface area contributed by atoms with E-state index in [-0.39, 0.29) is 5.60 Å². The smallest absolute Gasteiger partial charge is 0.127 e. The molecule has 0 atom stereocenters. The summed E-state index contributed by atoms with van der Waals surface area (Å²) in [5.74, 6) is 3.01. The molecule has 1 aliphatic heterocycles. The van der Waals surface area contributed by atoms with Crippen LogP contribution in [0.2, 0.25) is 0 Å². The van der Waals surface area contributed by atoms with Gasteiger partial charge >= 0.3 is 0 Å². The molecule has 3 heteroatoms. The molecule has 0 aromatic heterocycles. The first-order valence-electron chi connectivity index (χ1n) is 11.8. The van der Waals surface area contributed by atoms with Crippen LogP contribution < -0.4 is 14.2 Å². The molecule has 1 heterocycles. The number of benzene rings is 2. The number of hydrogen-bond acceptors (Lipinski definition) is 3. The first-order valence-corrected chi connectivity index (χ1v) is 11.8. The van der Waals surface area contributed by atoms with Gasteiger partial charge in [0.25, 0.3) is 0 Å². The third-order valence-corrected chi connectivity index (χ3v) is 4.85. The van der Waals surface area contributed by atoms with Crippen LogP contribution in [0.1, 0.15) is 84.1 Å². The van der Waals surface area contributed by atoms with Gasteiger partial charge in [-0.1, -0.05) is 59.7 Å². The van der Waals surface area contributed by atoms with Crippen molar-refractivity contribution in [1.82, 2.24) is 0 Å². The van der Waals surface area contributed by atoms with E-state index < -0.39 is 0 Å². The second kappa shape index (κ2) is 16.5. The molecule has 0 bridgehead atoms. The van der Waals surface area contributed by atoms with Gasteiger partial charge in [0.1, 0.15) is 22.8 Å². The lowest BCUT2D eigenvalue weighted by Crippen LogP contribution is -2.33. The maximum atomic E-state index is 6.16.